The molecular weight excluding hydrogens is 342 g/mol. The van der Waals surface area contributed by atoms with Gasteiger partial charge in [0.1, 0.15) is 5.15 Å². The number of nitrogens with zero attached hydrogens (tertiary/aromatic N) is 1. The van der Waals surface area contributed by atoms with E-state index >= 15 is 0 Å². The molecule has 0 saturated carbocycles. The largest absolute Gasteiger partial charge is 0.397 e. The molecule has 20 heavy (non-hydrogen) atoms. The number of carbonyl (C=O) groups excluding carboxylic acids is 1. The standard InChI is InChI=1S/C14H13BrClN3O/c1-8(10-4-2-3-5-12(10)15)19-14(20)11-6-9(17)7-18-13(11)16/h2-8H,17H2,1H3,(H,19,20). The molecule has 0 aliphatic heterocycles. The average Bonchev–Trinajstić information content (AvgIpc) is 2.41. The molecular formula is C14H13BrClN3O. The Bertz CT molecular complexity index is 648. The summed E-state index contributed by atoms with van der Waals surface area (Å²) in [6.45, 7) is 1.89. The first-order valence-corrected chi connectivity index (χ1v) is 7.12. The number of pyridine rings is 1. The molecule has 3 N–H and O–H groups in total. The van der Waals surface area contributed by atoms with Crippen molar-refractivity contribution in [1.29, 1.82) is 0 Å². The molecule has 1 heterocycles. The number of benzene rings is 1. The van der Waals surface area contributed by atoms with E-state index in [2.05, 4.69) is 26.2 Å². The van der Waals surface area contributed by atoms with Crippen LogP contribution >= 0.6 is 27.5 Å². The zero-order valence-corrected chi connectivity index (χ0v) is 13.1. The van der Waals surface area contributed by atoms with E-state index in [0.29, 0.717) is 5.69 Å². The molecule has 0 aliphatic rings. The molecule has 0 bridgehead atoms. The summed E-state index contributed by atoms with van der Waals surface area (Å²) >= 11 is 9.37. The molecule has 104 valence electrons. The maximum Gasteiger partial charge on any atom is 0.254 e. The van der Waals surface area contributed by atoms with Crippen LogP contribution in [0, 0.1) is 0 Å². The Hall–Kier alpha value is -1.59. The minimum Gasteiger partial charge on any atom is -0.397 e. The minimum absolute atomic E-state index is 0.135. The lowest BCUT2D eigenvalue weighted by atomic mass is 10.1. The maximum absolute atomic E-state index is 12.2. The number of hydrogen-bond acceptors (Lipinski definition) is 3. The first kappa shape index (κ1) is 14.8. The molecule has 2 rings (SSSR count). The lowest BCUT2D eigenvalue weighted by Crippen LogP contribution is -2.27. The monoisotopic (exact) mass is 353 g/mol. The average molecular weight is 355 g/mol. The van der Waals surface area contributed by atoms with Crippen LogP contribution in [-0.2, 0) is 0 Å². The van der Waals surface area contributed by atoms with Gasteiger partial charge in [0, 0.05) is 4.47 Å². The summed E-state index contributed by atoms with van der Waals surface area (Å²) in [5, 5.41) is 3.01. The third-order valence-electron chi connectivity index (χ3n) is 2.82. The van der Waals surface area contributed by atoms with Crippen molar-refractivity contribution in [2.45, 2.75) is 13.0 Å². The van der Waals surface area contributed by atoms with Crippen LogP contribution in [0.5, 0.6) is 0 Å². The van der Waals surface area contributed by atoms with Crippen LogP contribution in [0.25, 0.3) is 0 Å². The fourth-order valence-electron chi connectivity index (χ4n) is 1.80. The number of aromatic nitrogens is 1. The molecule has 2 aromatic rings. The van der Waals surface area contributed by atoms with Gasteiger partial charge in [-0.3, -0.25) is 4.79 Å². The van der Waals surface area contributed by atoms with Crippen LogP contribution in [0.1, 0.15) is 28.9 Å². The van der Waals surface area contributed by atoms with Gasteiger partial charge in [0.25, 0.3) is 5.91 Å². The molecule has 0 aliphatic carbocycles. The number of halogens is 2. The van der Waals surface area contributed by atoms with E-state index in [-0.39, 0.29) is 22.7 Å². The second kappa shape index (κ2) is 6.24. The van der Waals surface area contributed by atoms with E-state index in [4.69, 9.17) is 17.3 Å². The summed E-state index contributed by atoms with van der Waals surface area (Å²) < 4.78 is 0.935. The highest BCUT2D eigenvalue weighted by Crippen LogP contribution is 2.24. The lowest BCUT2D eigenvalue weighted by Gasteiger charge is -2.16. The van der Waals surface area contributed by atoms with Crippen molar-refractivity contribution in [2.75, 3.05) is 5.73 Å². The summed E-state index contributed by atoms with van der Waals surface area (Å²) in [7, 11) is 0. The topological polar surface area (TPSA) is 68.0 Å². The molecule has 1 unspecified atom stereocenters. The van der Waals surface area contributed by atoms with Crippen molar-refractivity contribution in [2.24, 2.45) is 0 Å². The molecule has 6 heteroatoms. The van der Waals surface area contributed by atoms with Gasteiger partial charge >= 0.3 is 0 Å². The van der Waals surface area contributed by atoms with Gasteiger partial charge in [0.05, 0.1) is 23.5 Å². The fourth-order valence-corrected chi connectivity index (χ4v) is 2.62. The number of hydrogen-bond donors (Lipinski definition) is 2. The number of nitrogens with two attached hydrogens (primary N) is 1. The number of anilines is 1. The molecule has 1 aromatic carbocycles. The predicted molar refractivity (Wildman–Crippen MR) is 83.7 cm³/mol. The Labute approximate surface area is 130 Å². The van der Waals surface area contributed by atoms with Gasteiger partial charge in [0.15, 0.2) is 0 Å². The normalized spacial score (nSPS) is 11.9. The fraction of sp³-hybridized carbons (Fsp3) is 0.143. The first-order chi connectivity index (χ1) is 9.49. The van der Waals surface area contributed by atoms with E-state index in [0.717, 1.165) is 10.0 Å². The highest BCUT2D eigenvalue weighted by molar-refractivity contribution is 9.10. The minimum atomic E-state index is -0.307. The number of carbonyl (C=O) groups is 1. The summed E-state index contributed by atoms with van der Waals surface area (Å²) in [6.07, 6.45) is 1.41. The van der Waals surface area contributed by atoms with Gasteiger partial charge in [-0.05, 0) is 24.6 Å². The van der Waals surface area contributed by atoms with Gasteiger partial charge in [-0.25, -0.2) is 4.98 Å². The van der Waals surface area contributed by atoms with Crippen LogP contribution in [-0.4, -0.2) is 10.9 Å². The van der Waals surface area contributed by atoms with E-state index in [9.17, 15) is 4.79 Å². The number of amides is 1. The molecule has 1 aromatic heterocycles. The van der Waals surface area contributed by atoms with Gasteiger partial charge in [-0.1, -0.05) is 45.7 Å². The Morgan fingerprint density at radius 1 is 1.45 bits per heavy atom. The Kier molecular flexibility index (Phi) is 4.62. The molecule has 0 saturated heterocycles. The summed E-state index contributed by atoms with van der Waals surface area (Å²) in [4.78, 5) is 16.1. The number of nitrogens with one attached hydrogen (secondary N) is 1. The maximum atomic E-state index is 12.2. The van der Waals surface area contributed by atoms with E-state index in [1.54, 1.807) is 0 Å². The van der Waals surface area contributed by atoms with Crippen molar-refractivity contribution in [3.63, 3.8) is 0 Å². The van der Waals surface area contributed by atoms with Crippen molar-refractivity contribution in [1.82, 2.24) is 10.3 Å². The third kappa shape index (κ3) is 3.29. The van der Waals surface area contributed by atoms with E-state index < -0.39 is 0 Å². The summed E-state index contributed by atoms with van der Waals surface area (Å²) in [5.74, 6) is -0.307. The highest BCUT2D eigenvalue weighted by atomic mass is 79.9. The van der Waals surface area contributed by atoms with Crippen LogP contribution in [0.3, 0.4) is 0 Å². The van der Waals surface area contributed by atoms with Crippen molar-refractivity contribution in [3.05, 3.63) is 57.3 Å². The second-order valence-electron chi connectivity index (χ2n) is 4.32. The van der Waals surface area contributed by atoms with Crippen molar-refractivity contribution < 1.29 is 4.79 Å². The second-order valence-corrected chi connectivity index (χ2v) is 5.54. The molecule has 0 fully saturated rings. The van der Waals surface area contributed by atoms with E-state index in [1.165, 1.54) is 12.3 Å². The molecule has 4 nitrogen and oxygen atoms in total. The van der Waals surface area contributed by atoms with Gasteiger partial charge in [-0.15, -0.1) is 0 Å². The van der Waals surface area contributed by atoms with Crippen LogP contribution in [0.15, 0.2) is 41.0 Å². The van der Waals surface area contributed by atoms with E-state index in [1.807, 2.05) is 31.2 Å². The highest BCUT2D eigenvalue weighted by Gasteiger charge is 2.16. The Morgan fingerprint density at radius 3 is 2.85 bits per heavy atom. The van der Waals surface area contributed by atoms with Crippen molar-refractivity contribution in [3.8, 4) is 0 Å². The quantitative estimate of drug-likeness (QED) is 0.828. The SMILES string of the molecule is CC(NC(=O)c1cc(N)cnc1Cl)c1ccccc1Br. The van der Waals surface area contributed by atoms with Crippen LogP contribution < -0.4 is 11.1 Å². The Balaban J connectivity index is 2.20. The van der Waals surface area contributed by atoms with Crippen molar-refractivity contribution >= 4 is 39.1 Å². The zero-order valence-electron chi connectivity index (χ0n) is 10.7. The predicted octanol–water partition coefficient (Wildman–Crippen LogP) is 3.57. The third-order valence-corrected chi connectivity index (χ3v) is 3.85. The first-order valence-electron chi connectivity index (χ1n) is 5.95. The van der Waals surface area contributed by atoms with Gasteiger partial charge in [-0.2, -0.15) is 0 Å². The lowest BCUT2D eigenvalue weighted by molar-refractivity contribution is 0.0939. The van der Waals surface area contributed by atoms with Crippen LogP contribution in [0.4, 0.5) is 5.69 Å². The smallest absolute Gasteiger partial charge is 0.254 e. The molecule has 1 amide bonds. The summed E-state index contributed by atoms with van der Waals surface area (Å²) in [5.41, 5.74) is 7.27. The van der Waals surface area contributed by atoms with Gasteiger partial charge in [0.2, 0.25) is 0 Å². The molecule has 0 spiro atoms. The molecule has 1 atom stereocenters. The number of nitrogen functional groups attached to an aromatic ring is 1. The Morgan fingerprint density at radius 2 is 2.15 bits per heavy atom. The van der Waals surface area contributed by atoms with Gasteiger partial charge < -0.3 is 11.1 Å². The summed E-state index contributed by atoms with van der Waals surface area (Å²) in [6, 6.07) is 9.03. The van der Waals surface area contributed by atoms with Crippen LogP contribution in [0.2, 0.25) is 5.15 Å². The molecule has 0 radical (unpaired) electrons. The number of rotatable bonds is 3. The zero-order chi connectivity index (χ0) is 14.7.